The molecule has 11 aromatic carbocycles. The van der Waals surface area contributed by atoms with Crippen molar-refractivity contribution in [2.24, 2.45) is 0 Å². The Morgan fingerprint density at radius 1 is 0.277 bits per heavy atom. The molecule has 2 aromatic heterocycles. The van der Waals surface area contributed by atoms with Gasteiger partial charge in [0.1, 0.15) is 0 Å². The van der Waals surface area contributed by atoms with Crippen molar-refractivity contribution < 1.29 is 0 Å². The second-order valence-corrected chi connectivity index (χ2v) is 16.9. The Hall–Kier alpha value is -8.66. The maximum atomic E-state index is 5.29. The normalized spacial score (nSPS) is 11.7. The molecule has 0 saturated carbocycles. The maximum Gasteiger partial charge on any atom is 0.160 e. The number of nitrogens with zero attached hydrogens (tertiary/aromatic N) is 3. The van der Waals surface area contributed by atoms with Crippen molar-refractivity contribution in [3.8, 4) is 61.8 Å². The fourth-order valence-corrected chi connectivity index (χ4v) is 10.2. The first-order valence-electron chi connectivity index (χ1n) is 22.2. The first kappa shape index (κ1) is 36.9. The van der Waals surface area contributed by atoms with Crippen molar-refractivity contribution in [1.82, 2.24) is 14.5 Å². The second-order valence-electron chi connectivity index (χ2n) is 16.9. The molecule has 2 heterocycles. The number of aromatic nitrogens is 3. The fraction of sp³-hybridized carbons (Fsp3) is 0. The number of hydrogen-bond acceptors (Lipinski definition) is 2. The van der Waals surface area contributed by atoms with Crippen LogP contribution in [-0.4, -0.2) is 14.5 Å². The maximum absolute atomic E-state index is 5.29. The third-order valence-corrected chi connectivity index (χ3v) is 13.2. The van der Waals surface area contributed by atoms with Crippen molar-refractivity contribution in [3.05, 3.63) is 237 Å². The van der Waals surface area contributed by atoms with Crippen LogP contribution in [0.4, 0.5) is 0 Å². The number of para-hydroxylation sites is 3. The Labute approximate surface area is 376 Å². The topological polar surface area (TPSA) is 30.7 Å². The van der Waals surface area contributed by atoms with Crippen molar-refractivity contribution in [2.45, 2.75) is 0 Å². The Morgan fingerprint density at radius 2 is 0.831 bits per heavy atom. The Bertz CT molecular complexity index is 3940. The highest BCUT2D eigenvalue weighted by molar-refractivity contribution is 6.23. The number of hydrogen-bond donors (Lipinski definition) is 0. The molecule has 0 fully saturated rings. The van der Waals surface area contributed by atoms with E-state index in [2.05, 4.69) is 223 Å². The number of benzene rings is 11. The van der Waals surface area contributed by atoms with Gasteiger partial charge < -0.3 is 4.57 Å². The van der Waals surface area contributed by atoms with Crippen LogP contribution in [0.15, 0.2) is 237 Å². The molecule has 0 aliphatic heterocycles. The zero-order chi connectivity index (χ0) is 42.8. The predicted octanol–water partition coefficient (Wildman–Crippen LogP) is 16.5. The van der Waals surface area contributed by atoms with E-state index >= 15 is 0 Å². The van der Waals surface area contributed by atoms with Gasteiger partial charge in [0, 0.05) is 27.5 Å². The van der Waals surface area contributed by atoms with Crippen LogP contribution in [0.3, 0.4) is 0 Å². The molecule has 13 rings (SSSR count). The predicted molar refractivity (Wildman–Crippen MR) is 274 cm³/mol. The summed E-state index contributed by atoms with van der Waals surface area (Å²) >= 11 is 0. The van der Waals surface area contributed by atoms with Gasteiger partial charge >= 0.3 is 0 Å². The number of rotatable bonds is 6. The van der Waals surface area contributed by atoms with Crippen molar-refractivity contribution in [1.29, 1.82) is 0 Å². The summed E-state index contributed by atoms with van der Waals surface area (Å²) < 4.78 is 2.37. The molecular weight excluding hydrogens is 787 g/mol. The Balaban J connectivity index is 0.947. The Kier molecular flexibility index (Phi) is 8.53. The summed E-state index contributed by atoms with van der Waals surface area (Å²) in [5.74, 6) is 0.690. The van der Waals surface area contributed by atoms with E-state index in [1.165, 1.54) is 70.6 Å². The molecule has 3 heteroatoms. The minimum atomic E-state index is 0.690. The zero-order valence-corrected chi connectivity index (χ0v) is 35.4. The summed E-state index contributed by atoms with van der Waals surface area (Å²) in [5, 5.41) is 12.5. The molecule has 0 atom stereocenters. The van der Waals surface area contributed by atoms with Crippen molar-refractivity contribution >= 4 is 64.9 Å². The van der Waals surface area contributed by atoms with E-state index in [0.717, 1.165) is 50.4 Å². The molecular formula is C62H39N3. The summed E-state index contributed by atoms with van der Waals surface area (Å²) in [5.41, 5.74) is 13.0. The molecule has 302 valence electrons. The summed E-state index contributed by atoms with van der Waals surface area (Å²) in [6, 6.07) is 85.2. The first-order valence-corrected chi connectivity index (χ1v) is 22.2. The van der Waals surface area contributed by atoms with Gasteiger partial charge in [-0.1, -0.05) is 206 Å². The Morgan fingerprint density at radius 3 is 1.58 bits per heavy atom. The molecule has 0 radical (unpaired) electrons. The highest BCUT2D eigenvalue weighted by Gasteiger charge is 2.20. The van der Waals surface area contributed by atoms with Crippen LogP contribution < -0.4 is 0 Å². The lowest BCUT2D eigenvalue weighted by Crippen LogP contribution is -2.00. The van der Waals surface area contributed by atoms with E-state index in [4.69, 9.17) is 9.97 Å². The summed E-state index contributed by atoms with van der Waals surface area (Å²) in [6.45, 7) is 0. The summed E-state index contributed by atoms with van der Waals surface area (Å²) in [7, 11) is 0. The summed E-state index contributed by atoms with van der Waals surface area (Å²) in [4.78, 5) is 10.5. The van der Waals surface area contributed by atoms with E-state index in [0.29, 0.717) is 5.82 Å². The minimum Gasteiger partial charge on any atom is -0.309 e. The zero-order valence-electron chi connectivity index (χ0n) is 35.4. The van der Waals surface area contributed by atoms with Gasteiger partial charge in [-0.15, -0.1) is 0 Å². The average molecular weight is 826 g/mol. The van der Waals surface area contributed by atoms with E-state index < -0.39 is 0 Å². The van der Waals surface area contributed by atoms with Gasteiger partial charge in [0.05, 0.1) is 28.1 Å². The monoisotopic (exact) mass is 825 g/mol. The van der Waals surface area contributed by atoms with Crippen LogP contribution in [0, 0.1) is 0 Å². The van der Waals surface area contributed by atoms with Crippen LogP contribution in [0.1, 0.15) is 0 Å². The largest absolute Gasteiger partial charge is 0.309 e. The molecule has 0 aliphatic carbocycles. The smallest absolute Gasteiger partial charge is 0.160 e. The van der Waals surface area contributed by atoms with E-state index in [1.807, 2.05) is 18.2 Å². The van der Waals surface area contributed by atoms with Crippen LogP contribution in [0.25, 0.3) is 127 Å². The third kappa shape index (κ3) is 6.05. The molecule has 13 aromatic rings. The van der Waals surface area contributed by atoms with Crippen molar-refractivity contribution in [2.75, 3.05) is 0 Å². The molecule has 0 spiro atoms. The van der Waals surface area contributed by atoms with Gasteiger partial charge in [-0.2, -0.15) is 0 Å². The van der Waals surface area contributed by atoms with E-state index in [-0.39, 0.29) is 0 Å². The second kappa shape index (κ2) is 15.0. The van der Waals surface area contributed by atoms with Gasteiger partial charge in [0.25, 0.3) is 0 Å². The van der Waals surface area contributed by atoms with Crippen molar-refractivity contribution in [3.63, 3.8) is 0 Å². The molecule has 65 heavy (non-hydrogen) atoms. The third-order valence-electron chi connectivity index (χ3n) is 13.2. The van der Waals surface area contributed by atoms with Gasteiger partial charge in [-0.05, 0) is 95.7 Å². The van der Waals surface area contributed by atoms with Crippen LogP contribution in [0.2, 0.25) is 0 Å². The minimum absolute atomic E-state index is 0.690. The molecule has 3 nitrogen and oxygen atoms in total. The quantitative estimate of drug-likeness (QED) is 0.123. The highest BCUT2D eigenvalue weighted by Crippen LogP contribution is 2.44. The number of fused-ring (bicyclic) bond motifs is 8. The molecule has 0 amide bonds. The van der Waals surface area contributed by atoms with Gasteiger partial charge in [0.15, 0.2) is 5.82 Å². The van der Waals surface area contributed by atoms with Gasteiger partial charge in [0.2, 0.25) is 0 Å². The van der Waals surface area contributed by atoms with Gasteiger partial charge in [-0.25, -0.2) is 9.97 Å². The molecule has 0 bridgehead atoms. The van der Waals surface area contributed by atoms with E-state index in [9.17, 15) is 0 Å². The van der Waals surface area contributed by atoms with E-state index in [1.54, 1.807) is 0 Å². The lowest BCUT2D eigenvalue weighted by Gasteiger charge is -2.17. The lowest BCUT2D eigenvalue weighted by atomic mass is 9.86. The average Bonchev–Trinajstić information content (AvgIpc) is 3.72. The van der Waals surface area contributed by atoms with Crippen LogP contribution in [-0.2, 0) is 0 Å². The first-order chi connectivity index (χ1) is 32.2. The lowest BCUT2D eigenvalue weighted by molar-refractivity contribution is 1.15. The fourth-order valence-electron chi connectivity index (χ4n) is 10.2. The van der Waals surface area contributed by atoms with Gasteiger partial charge in [-0.3, -0.25) is 0 Å². The highest BCUT2D eigenvalue weighted by atomic mass is 15.0. The molecule has 0 saturated heterocycles. The van der Waals surface area contributed by atoms with Crippen LogP contribution >= 0.6 is 0 Å². The van der Waals surface area contributed by atoms with Crippen LogP contribution in [0.5, 0.6) is 0 Å². The standard InChI is InChI=1S/C62H39N3/c1-2-17-43(18-3-1)62-63-56(39-57(64-62)54-26-12-15-29-60(54)65-58-27-13-10-24-50(58)51-25-11-14-28-59(51)65)42-32-30-41(31-33-42)46-36-37-52(49-23-9-8-22-48(46)49)61-47-21-7-5-19-44(47)38-55-45-20-6-4-16-40(45)34-35-53(55)61/h1-39H. The SMILES string of the molecule is c1ccc(-c2nc(-c3ccc(-c4ccc(-c5c6ccccc6cc6c5ccc5ccccc56)c5ccccc45)cc3)cc(-c3ccccc3-n3c4ccccc4c4ccccc43)n2)cc1. The molecule has 0 aliphatic rings. The summed E-state index contributed by atoms with van der Waals surface area (Å²) in [6.07, 6.45) is 0. The molecule has 0 unspecified atom stereocenters. The molecule has 0 N–H and O–H groups in total.